The lowest BCUT2D eigenvalue weighted by Gasteiger charge is -2.19. The van der Waals surface area contributed by atoms with Crippen LogP contribution in [0.15, 0.2) is 138 Å². The Hall–Kier alpha value is -5.60. The van der Waals surface area contributed by atoms with Crippen LogP contribution in [-0.2, 0) is 9.59 Å². The zero-order chi connectivity index (χ0) is 33.2. The lowest BCUT2D eigenvalue weighted by atomic mass is 10.1. The topological polar surface area (TPSA) is 96.5 Å². The van der Waals surface area contributed by atoms with E-state index < -0.39 is 17.1 Å². The van der Waals surface area contributed by atoms with Gasteiger partial charge in [-0.05, 0) is 79.1 Å². The van der Waals surface area contributed by atoms with Gasteiger partial charge in [-0.15, -0.1) is 11.8 Å². The third-order valence-corrected chi connectivity index (χ3v) is 8.67. The maximum Gasteiger partial charge on any atom is 0.272 e. The number of ether oxygens (including phenoxy) is 1. The summed E-state index contributed by atoms with van der Waals surface area (Å²) in [5, 5.41) is 8.26. The number of amides is 3. The van der Waals surface area contributed by atoms with Gasteiger partial charge in [0, 0.05) is 27.4 Å². The Bertz CT molecular complexity index is 1870. The Morgan fingerprint density at radius 2 is 1.32 bits per heavy atom. The lowest BCUT2D eigenvalue weighted by molar-refractivity contribution is -0.116. The standard InChI is InChI=1S/C39H35N3O4S/c1-26-13-12-14-27(2)35(26)42-39(45)36(28-15-6-4-7-16-28)47-32-23-21-31(22-24-32)40-38(44)33(25-30-19-10-11-20-34(30)46-3)41-37(43)29-17-8-5-9-18-29/h4-25,36H,1-3H3,(H,40,44)(H,41,43)(H,42,45)/b33-25-. The number of methoxy groups -OCH3 is 1. The summed E-state index contributed by atoms with van der Waals surface area (Å²) >= 11 is 1.42. The van der Waals surface area contributed by atoms with Crippen molar-refractivity contribution in [3.8, 4) is 5.75 Å². The summed E-state index contributed by atoms with van der Waals surface area (Å²) in [4.78, 5) is 41.1. The monoisotopic (exact) mass is 641 g/mol. The van der Waals surface area contributed by atoms with Crippen molar-refractivity contribution in [3.05, 3.63) is 161 Å². The largest absolute Gasteiger partial charge is 0.496 e. The molecule has 0 aliphatic heterocycles. The third-order valence-electron chi connectivity index (χ3n) is 7.40. The average molecular weight is 642 g/mol. The van der Waals surface area contributed by atoms with Crippen LogP contribution >= 0.6 is 11.8 Å². The first-order valence-electron chi connectivity index (χ1n) is 15.0. The number of benzene rings is 5. The average Bonchev–Trinajstić information content (AvgIpc) is 3.10. The van der Waals surface area contributed by atoms with E-state index >= 15 is 0 Å². The fourth-order valence-electron chi connectivity index (χ4n) is 4.94. The molecule has 5 aromatic carbocycles. The molecule has 0 aliphatic rings. The van der Waals surface area contributed by atoms with Crippen LogP contribution in [-0.4, -0.2) is 24.8 Å². The number of thioether (sulfide) groups is 1. The Morgan fingerprint density at radius 1 is 0.702 bits per heavy atom. The molecule has 1 unspecified atom stereocenters. The van der Waals surface area contributed by atoms with Crippen molar-refractivity contribution in [2.45, 2.75) is 24.0 Å². The van der Waals surface area contributed by atoms with Gasteiger partial charge in [-0.1, -0.05) is 84.9 Å². The number of hydrogen-bond donors (Lipinski definition) is 3. The normalized spacial score (nSPS) is 11.7. The molecule has 0 spiro atoms. The molecule has 236 valence electrons. The molecular weight excluding hydrogens is 607 g/mol. The van der Waals surface area contributed by atoms with E-state index in [0.717, 1.165) is 27.3 Å². The van der Waals surface area contributed by atoms with Crippen molar-refractivity contribution in [1.29, 1.82) is 0 Å². The molecular formula is C39H35N3O4S. The van der Waals surface area contributed by atoms with E-state index in [0.29, 0.717) is 22.6 Å². The zero-order valence-corrected chi connectivity index (χ0v) is 27.1. The van der Waals surface area contributed by atoms with Gasteiger partial charge < -0.3 is 20.7 Å². The first-order chi connectivity index (χ1) is 22.8. The molecule has 47 heavy (non-hydrogen) atoms. The molecule has 3 amide bonds. The molecule has 1 atom stereocenters. The van der Waals surface area contributed by atoms with E-state index in [9.17, 15) is 14.4 Å². The van der Waals surface area contributed by atoms with Gasteiger partial charge >= 0.3 is 0 Å². The van der Waals surface area contributed by atoms with Crippen LogP contribution in [0.2, 0.25) is 0 Å². The molecule has 0 saturated heterocycles. The van der Waals surface area contributed by atoms with Gasteiger partial charge in [-0.3, -0.25) is 14.4 Å². The number of carbonyl (C=O) groups is 3. The van der Waals surface area contributed by atoms with Crippen molar-refractivity contribution in [2.75, 3.05) is 17.7 Å². The number of anilines is 2. The molecule has 3 N–H and O–H groups in total. The fourth-order valence-corrected chi connectivity index (χ4v) is 5.96. The van der Waals surface area contributed by atoms with Crippen LogP contribution < -0.4 is 20.7 Å². The molecule has 0 radical (unpaired) electrons. The van der Waals surface area contributed by atoms with E-state index in [2.05, 4.69) is 16.0 Å². The number of rotatable bonds is 11. The highest BCUT2D eigenvalue weighted by atomic mass is 32.2. The number of para-hydroxylation sites is 2. The Labute approximate surface area is 279 Å². The predicted octanol–water partition coefficient (Wildman–Crippen LogP) is 8.19. The van der Waals surface area contributed by atoms with Crippen molar-refractivity contribution in [2.24, 2.45) is 0 Å². The molecule has 0 heterocycles. The summed E-state index contributed by atoms with van der Waals surface area (Å²) in [5.74, 6) is -0.491. The summed E-state index contributed by atoms with van der Waals surface area (Å²) < 4.78 is 5.45. The molecule has 0 aromatic heterocycles. The summed E-state index contributed by atoms with van der Waals surface area (Å²) in [6, 6.07) is 38.7. The van der Waals surface area contributed by atoms with E-state index in [1.165, 1.54) is 11.8 Å². The smallest absolute Gasteiger partial charge is 0.272 e. The third kappa shape index (κ3) is 8.56. The highest BCUT2D eigenvalue weighted by Gasteiger charge is 2.23. The summed E-state index contributed by atoms with van der Waals surface area (Å²) in [6.45, 7) is 3.95. The fraction of sp³-hybridized carbons (Fsp3) is 0.103. The maximum atomic E-state index is 13.7. The van der Waals surface area contributed by atoms with Gasteiger partial charge in [0.25, 0.3) is 11.8 Å². The maximum absolute atomic E-state index is 13.7. The molecule has 0 fully saturated rings. The molecule has 8 heteroatoms. The van der Waals surface area contributed by atoms with Crippen molar-refractivity contribution in [1.82, 2.24) is 5.32 Å². The van der Waals surface area contributed by atoms with Crippen molar-refractivity contribution in [3.63, 3.8) is 0 Å². The van der Waals surface area contributed by atoms with Crippen LogP contribution in [0.25, 0.3) is 6.08 Å². The second-order valence-electron chi connectivity index (χ2n) is 10.8. The summed E-state index contributed by atoms with van der Waals surface area (Å²) in [6.07, 6.45) is 1.58. The van der Waals surface area contributed by atoms with Crippen LogP contribution in [0.3, 0.4) is 0 Å². The second-order valence-corrected chi connectivity index (χ2v) is 11.9. The molecule has 5 aromatic rings. The Balaban J connectivity index is 1.35. The van der Waals surface area contributed by atoms with Gasteiger partial charge in [-0.2, -0.15) is 0 Å². The predicted molar refractivity (Wildman–Crippen MR) is 190 cm³/mol. The van der Waals surface area contributed by atoms with E-state index in [-0.39, 0.29) is 11.6 Å². The molecule has 7 nitrogen and oxygen atoms in total. The molecule has 0 bridgehead atoms. The van der Waals surface area contributed by atoms with Gasteiger partial charge in [0.15, 0.2) is 0 Å². The van der Waals surface area contributed by atoms with Gasteiger partial charge in [-0.25, -0.2) is 0 Å². The van der Waals surface area contributed by atoms with Crippen LogP contribution in [0.1, 0.15) is 37.9 Å². The minimum absolute atomic E-state index is 0.0501. The summed E-state index contributed by atoms with van der Waals surface area (Å²) in [5.41, 5.74) is 5.30. The first kappa shape index (κ1) is 32.8. The number of aryl methyl sites for hydroxylation is 2. The van der Waals surface area contributed by atoms with Crippen LogP contribution in [0.4, 0.5) is 11.4 Å². The number of carbonyl (C=O) groups excluding carboxylic acids is 3. The first-order valence-corrected chi connectivity index (χ1v) is 15.9. The quantitative estimate of drug-likeness (QED) is 0.0998. The van der Waals surface area contributed by atoms with Gasteiger partial charge in [0.2, 0.25) is 5.91 Å². The molecule has 0 aliphatic carbocycles. The lowest BCUT2D eigenvalue weighted by Crippen LogP contribution is -2.30. The highest BCUT2D eigenvalue weighted by molar-refractivity contribution is 8.00. The van der Waals surface area contributed by atoms with Crippen LogP contribution in [0, 0.1) is 13.8 Å². The number of nitrogens with one attached hydrogen (secondary N) is 3. The molecule has 0 saturated carbocycles. The van der Waals surface area contributed by atoms with E-state index in [4.69, 9.17) is 4.74 Å². The highest BCUT2D eigenvalue weighted by Crippen LogP contribution is 2.37. The SMILES string of the molecule is COc1ccccc1/C=C(\NC(=O)c1ccccc1)C(=O)Nc1ccc(SC(C(=O)Nc2c(C)cccc2C)c2ccccc2)cc1. The van der Waals surface area contributed by atoms with E-state index in [1.54, 1.807) is 61.7 Å². The minimum Gasteiger partial charge on any atom is -0.496 e. The number of hydrogen-bond acceptors (Lipinski definition) is 5. The Kier molecular flexibility index (Phi) is 10.9. The van der Waals surface area contributed by atoms with Crippen molar-refractivity contribution >= 4 is 46.9 Å². The minimum atomic E-state index is -0.515. The van der Waals surface area contributed by atoms with Gasteiger partial charge in [0.05, 0.1) is 7.11 Å². The second kappa shape index (κ2) is 15.6. The molecule has 5 rings (SSSR count). The van der Waals surface area contributed by atoms with Crippen LogP contribution in [0.5, 0.6) is 5.75 Å². The van der Waals surface area contributed by atoms with Crippen molar-refractivity contribution < 1.29 is 19.1 Å². The summed E-state index contributed by atoms with van der Waals surface area (Å²) in [7, 11) is 1.55. The zero-order valence-electron chi connectivity index (χ0n) is 26.3. The van der Waals surface area contributed by atoms with Gasteiger partial charge in [0.1, 0.15) is 16.7 Å². The Morgan fingerprint density at radius 3 is 1.98 bits per heavy atom. The van der Waals surface area contributed by atoms with E-state index in [1.807, 2.05) is 92.7 Å².